The molecule has 1 N–H and O–H groups in total. The van der Waals surface area contributed by atoms with E-state index < -0.39 is 0 Å². The van der Waals surface area contributed by atoms with Crippen molar-refractivity contribution in [1.29, 1.82) is 0 Å². The Kier molecular flexibility index (Phi) is 5.46. The van der Waals surface area contributed by atoms with E-state index in [4.69, 9.17) is 4.74 Å². The second-order valence-corrected chi connectivity index (χ2v) is 7.26. The summed E-state index contributed by atoms with van der Waals surface area (Å²) < 4.78 is 5.16. The number of rotatable bonds is 5. The number of aromatic nitrogens is 3. The molecule has 3 aromatic rings. The van der Waals surface area contributed by atoms with E-state index in [-0.39, 0.29) is 5.56 Å². The van der Waals surface area contributed by atoms with Gasteiger partial charge in [0.05, 0.1) is 7.11 Å². The minimum Gasteiger partial charge on any atom is -0.497 e. The van der Waals surface area contributed by atoms with Gasteiger partial charge in [0.1, 0.15) is 11.4 Å². The van der Waals surface area contributed by atoms with Gasteiger partial charge >= 0.3 is 0 Å². The van der Waals surface area contributed by atoms with E-state index >= 15 is 0 Å². The fraction of sp³-hybridized carbons (Fsp3) is 0.318. The number of H-pyrrole nitrogens is 1. The molecule has 4 rings (SSSR count). The van der Waals surface area contributed by atoms with Crippen molar-refractivity contribution >= 4 is 11.6 Å². The van der Waals surface area contributed by atoms with Gasteiger partial charge in [0.15, 0.2) is 0 Å². The third-order valence-electron chi connectivity index (χ3n) is 5.23. The largest absolute Gasteiger partial charge is 0.497 e. The first-order chi connectivity index (χ1) is 14.1. The number of benzene rings is 2. The van der Waals surface area contributed by atoms with E-state index in [0.29, 0.717) is 18.1 Å². The molecule has 0 amide bonds. The number of hydrogen-bond acceptors (Lipinski definition) is 6. The maximum Gasteiger partial charge on any atom is 0.274 e. The first-order valence-corrected chi connectivity index (χ1v) is 9.78. The molecular weight excluding hydrogens is 366 g/mol. The fourth-order valence-corrected chi connectivity index (χ4v) is 3.55. The normalized spacial score (nSPS) is 14.1. The summed E-state index contributed by atoms with van der Waals surface area (Å²) >= 11 is 0. The standard InChI is InChI=1S/C22H25N5O2/c1-16-4-3-5-18(14-16)26-10-12-27(13-11-26)22-23-21(28)20(24-25-22)15-17-6-8-19(29-2)9-7-17/h3-9,14H,10-13,15H2,1-2H3,(H,23,25,28). The molecule has 1 aliphatic heterocycles. The van der Waals surface area contributed by atoms with E-state index in [0.717, 1.165) is 37.5 Å². The van der Waals surface area contributed by atoms with Crippen LogP contribution < -0.4 is 20.1 Å². The Labute approximate surface area is 170 Å². The minimum atomic E-state index is -0.188. The molecule has 2 aromatic carbocycles. The lowest BCUT2D eigenvalue weighted by atomic mass is 10.1. The monoisotopic (exact) mass is 391 g/mol. The van der Waals surface area contributed by atoms with Crippen LogP contribution in [0.25, 0.3) is 0 Å². The number of nitrogens with zero attached hydrogens (tertiary/aromatic N) is 4. The van der Waals surface area contributed by atoms with Crippen LogP contribution in [0, 0.1) is 6.92 Å². The smallest absolute Gasteiger partial charge is 0.274 e. The van der Waals surface area contributed by atoms with Crippen LogP contribution in [0.1, 0.15) is 16.8 Å². The number of aryl methyl sites for hydroxylation is 1. The van der Waals surface area contributed by atoms with Gasteiger partial charge in [0.2, 0.25) is 5.95 Å². The Hall–Kier alpha value is -3.35. The topological polar surface area (TPSA) is 74.4 Å². The van der Waals surface area contributed by atoms with Gasteiger partial charge in [-0.2, -0.15) is 0 Å². The van der Waals surface area contributed by atoms with E-state index in [9.17, 15) is 4.79 Å². The zero-order valence-corrected chi connectivity index (χ0v) is 16.8. The zero-order valence-electron chi connectivity index (χ0n) is 16.8. The average Bonchev–Trinajstić information content (AvgIpc) is 2.76. The lowest BCUT2D eigenvalue weighted by Gasteiger charge is -2.36. The number of aromatic amines is 1. The van der Waals surface area contributed by atoms with E-state index in [1.165, 1.54) is 11.3 Å². The first-order valence-electron chi connectivity index (χ1n) is 9.78. The SMILES string of the molecule is COc1ccc(Cc2nnc(N3CCN(c4cccc(C)c4)CC3)[nH]c2=O)cc1. The Morgan fingerprint density at radius 2 is 1.72 bits per heavy atom. The van der Waals surface area contributed by atoms with Gasteiger partial charge < -0.3 is 14.5 Å². The fourth-order valence-electron chi connectivity index (χ4n) is 3.55. The molecule has 0 atom stereocenters. The molecule has 0 spiro atoms. The summed E-state index contributed by atoms with van der Waals surface area (Å²) in [5.74, 6) is 1.33. The van der Waals surface area contributed by atoms with Crippen molar-refractivity contribution < 1.29 is 4.74 Å². The van der Waals surface area contributed by atoms with Crippen LogP contribution in [-0.4, -0.2) is 48.5 Å². The highest BCUT2D eigenvalue weighted by molar-refractivity contribution is 5.50. The molecule has 0 unspecified atom stereocenters. The van der Waals surface area contributed by atoms with Crippen molar-refractivity contribution in [2.24, 2.45) is 0 Å². The number of piperazine rings is 1. The molecule has 0 saturated carbocycles. The highest BCUT2D eigenvalue weighted by Gasteiger charge is 2.20. The molecule has 1 aromatic heterocycles. The van der Waals surface area contributed by atoms with Crippen molar-refractivity contribution in [2.45, 2.75) is 13.3 Å². The molecular formula is C22H25N5O2. The summed E-state index contributed by atoms with van der Waals surface area (Å²) in [6, 6.07) is 16.1. The first kappa shape index (κ1) is 19.0. The molecule has 1 fully saturated rings. The van der Waals surface area contributed by atoms with Crippen molar-refractivity contribution in [2.75, 3.05) is 43.1 Å². The molecule has 0 bridgehead atoms. The summed E-state index contributed by atoms with van der Waals surface area (Å²) in [4.78, 5) is 19.9. The summed E-state index contributed by atoms with van der Waals surface area (Å²) in [6.07, 6.45) is 0.438. The molecule has 150 valence electrons. The molecule has 1 saturated heterocycles. The van der Waals surface area contributed by atoms with Gasteiger partial charge in [0, 0.05) is 38.3 Å². The Morgan fingerprint density at radius 1 is 1.00 bits per heavy atom. The number of anilines is 2. The lowest BCUT2D eigenvalue weighted by Crippen LogP contribution is -2.47. The van der Waals surface area contributed by atoms with E-state index in [1.54, 1.807) is 7.11 Å². The van der Waals surface area contributed by atoms with Gasteiger partial charge in [-0.25, -0.2) is 0 Å². The van der Waals surface area contributed by atoms with Crippen molar-refractivity contribution in [3.63, 3.8) is 0 Å². The third kappa shape index (κ3) is 4.39. The quantitative estimate of drug-likeness (QED) is 0.720. The van der Waals surface area contributed by atoms with E-state index in [1.807, 2.05) is 24.3 Å². The van der Waals surface area contributed by atoms with Crippen LogP contribution in [0.15, 0.2) is 53.3 Å². The second kappa shape index (κ2) is 8.34. The molecule has 1 aliphatic rings. The Balaban J connectivity index is 1.41. The predicted octanol–water partition coefficient (Wildman–Crippen LogP) is 2.40. The minimum absolute atomic E-state index is 0.188. The van der Waals surface area contributed by atoms with Crippen molar-refractivity contribution in [1.82, 2.24) is 15.2 Å². The highest BCUT2D eigenvalue weighted by Crippen LogP contribution is 2.19. The summed E-state index contributed by atoms with van der Waals surface area (Å²) in [5.41, 5.74) is 3.71. The average molecular weight is 391 g/mol. The van der Waals surface area contributed by atoms with Crippen molar-refractivity contribution in [3.05, 3.63) is 75.7 Å². The van der Waals surface area contributed by atoms with Crippen LogP contribution in [0.5, 0.6) is 5.75 Å². The van der Waals surface area contributed by atoms with E-state index in [2.05, 4.69) is 56.2 Å². The van der Waals surface area contributed by atoms with Gasteiger partial charge in [-0.1, -0.05) is 24.3 Å². The third-order valence-corrected chi connectivity index (χ3v) is 5.23. The summed E-state index contributed by atoms with van der Waals surface area (Å²) in [7, 11) is 1.63. The van der Waals surface area contributed by atoms with Gasteiger partial charge in [0.25, 0.3) is 5.56 Å². The van der Waals surface area contributed by atoms with Crippen LogP contribution in [0.3, 0.4) is 0 Å². The molecule has 7 heteroatoms. The van der Waals surface area contributed by atoms with Crippen LogP contribution in [0.2, 0.25) is 0 Å². The summed E-state index contributed by atoms with van der Waals surface area (Å²) in [5, 5.41) is 8.48. The zero-order chi connectivity index (χ0) is 20.2. The van der Waals surface area contributed by atoms with Gasteiger partial charge in [-0.05, 0) is 42.3 Å². The molecule has 29 heavy (non-hydrogen) atoms. The maximum atomic E-state index is 12.5. The molecule has 2 heterocycles. The van der Waals surface area contributed by atoms with Gasteiger partial charge in [-0.15, -0.1) is 10.2 Å². The second-order valence-electron chi connectivity index (χ2n) is 7.26. The molecule has 7 nitrogen and oxygen atoms in total. The Bertz CT molecular complexity index is 1020. The van der Waals surface area contributed by atoms with Crippen LogP contribution >= 0.6 is 0 Å². The summed E-state index contributed by atoms with van der Waals surface area (Å²) in [6.45, 7) is 5.43. The highest BCUT2D eigenvalue weighted by atomic mass is 16.5. The predicted molar refractivity (Wildman–Crippen MR) is 114 cm³/mol. The number of methoxy groups -OCH3 is 1. The lowest BCUT2D eigenvalue weighted by molar-refractivity contribution is 0.414. The van der Waals surface area contributed by atoms with Crippen LogP contribution in [0.4, 0.5) is 11.6 Å². The molecule has 0 aliphatic carbocycles. The molecule has 0 radical (unpaired) electrons. The van der Waals surface area contributed by atoms with Gasteiger partial charge in [-0.3, -0.25) is 9.78 Å². The van der Waals surface area contributed by atoms with Crippen LogP contribution in [-0.2, 0) is 6.42 Å². The number of hydrogen-bond donors (Lipinski definition) is 1. The number of ether oxygens (including phenoxy) is 1. The maximum absolute atomic E-state index is 12.5. The van der Waals surface area contributed by atoms with Crippen molar-refractivity contribution in [3.8, 4) is 5.75 Å². The number of nitrogens with one attached hydrogen (secondary N) is 1. The Morgan fingerprint density at radius 3 is 2.38 bits per heavy atom.